The van der Waals surface area contributed by atoms with E-state index in [0.717, 1.165) is 18.4 Å². The highest BCUT2D eigenvalue weighted by Crippen LogP contribution is 2.20. The van der Waals surface area contributed by atoms with Gasteiger partial charge in [-0.15, -0.1) is 0 Å². The monoisotopic (exact) mass is 208 g/mol. The minimum absolute atomic E-state index is 0.362. The first kappa shape index (κ1) is 12.2. The Balaban J connectivity index is 2.60. The van der Waals surface area contributed by atoms with Crippen LogP contribution >= 0.6 is 0 Å². The van der Waals surface area contributed by atoms with Crippen molar-refractivity contribution in [2.24, 2.45) is 0 Å². The molecular formula is C13H20O2. The van der Waals surface area contributed by atoms with Gasteiger partial charge in [0.15, 0.2) is 0 Å². The van der Waals surface area contributed by atoms with Crippen LogP contribution in [0.2, 0.25) is 0 Å². The molecule has 0 spiro atoms. The molecule has 1 aromatic carbocycles. The van der Waals surface area contributed by atoms with Crippen molar-refractivity contribution >= 4 is 0 Å². The average Bonchev–Trinajstić information content (AvgIpc) is 2.16. The highest BCUT2D eigenvalue weighted by atomic mass is 16.5. The highest BCUT2D eigenvalue weighted by molar-refractivity contribution is 5.29. The summed E-state index contributed by atoms with van der Waals surface area (Å²) in [5.41, 5.74) is 3.43. The molecule has 1 unspecified atom stereocenters. The first-order valence-corrected chi connectivity index (χ1v) is 5.38. The smallest absolute Gasteiger partial charge is 0.0791 e. The van der Waals surface area contributed by atoms with Gasteiger partial charge in [-0.1, -0.05) is 29.3 Å². The Morgan fingerprint density at radius 3 is 2.33 bits per heavy atom. The Kier molecular flexibility index (Phi) is 4.79. The van der Waals surface area contributed by atoms with Crippen LogP contribution in [0.1, 0.15) is 35.6 Å². The van der Waals surface area contributed by atoms with E-state index < -0.39 is 0 Å². The third kappa shape index (κ3) is 4.02. The lowest BCUT2D eigenvalue weighted by molar-refractivity contribution is 0.136. The average molecular weight is 208 g/mol. The van der Waals surface area contributed by atoms with E-state index in [2.05, 4.69) is 19.9 Å². The Labute approximate surface area is 91.9 Å². The molecule has 1 aromatic rings. The molecule has 0 saturated carbocycles. The predicted octanol–water partition coefficient (Wildman–Crippen LogP) is 2.76. The summed E-state index contributed by atoms with van der Waals surface area (Å²) < 4.78 is 4.96. The summed E-state index contributed by atoms with van der Waals surface area (Å²) in [6.45, 7) is 4.82. The van der Waals surface area contributed by atoms with Gasteiger partial charge in [0.2, 0.25) is 0 Å². The maximum Gasteiger partial charge on any atom is 0.0791 e. The standard InChI is InChI=1S/C13H20O2/c1-10-7-11(2)9-12(8-10)13(14)5-4-6-15-3/h7-9,13-14H,4-6H2,1-3H3. The SMILES string of the molecule is COCCCC(O)c1cc(C)cc(C)c1. The van der Waals surface area contributed by atoms with Gasteiger partial charge in [0.05, 0.1) is 6.10 Å². The van der Waals surface area contributed by atoms with Crippen molar-refractivity contribution in [2.75, 3.05) is 13.7 Å². The number of hydrogen-bond acceptors (Lipinski definition) is 2. The van der Waals surface area contributed by atoms with E-state index in [1.165, 1.54) is 11.1 Å². The summed E-state index contributed by atoms with van der Waals surface area (Å²) in [7, 11) is 1.68. The van der Waals surface area contributed by atoms with Gasteiger partial charge >= 0.3 is 0 Å². The zero-order chi connectivity index (χ0) is 11.3. The molecule has 2 nitrogen and oxygen atoms in total. The molecule has 0 amide bonds. The summed E-state index contributed by atoms with van der Waals surface area (Å²) in [5, 5.41) is 9.94. The van der Waals surface area contributed by atoms with Gasteiger partial charge in [0.1, 0.15) is 0 Å². The topological polar surface area (TPSA) is 29.5 Å². The van der Waals surface area contributed by atoms with Crippen LogP contribution in [0.4, 0.5) is 0 Å². The molecule has 1 atom stereocenters. The molecule has 84 valence electrons. The molecule has 0 aliphatic carbocycles. The van der Waals surface area contributed by atoms with E-state index in [-0.39, 0.29) is 6.10 Å². The van der Waals surface area contributed by atoms with Crippen LogP contribution in [0.25, 0.3) is 0 Å². The number of aliphatic hydroxyl groups is 1. The Morgan fingerprint density at radius 2 is 1.80 bits per heavy atom. The van der Waals surface area contributed by atoms with Crippen LogP contribution < -0.4 is 0 Å². The lowest BCUT2D eigenvalue weighted by atomic mass is 10.0. The van der Waals surface area contributed by atoms with Gasteiger partial charge < -0.3 is 9.84 Å². The van der Waals surface area contributed by atoms with Crippen molar-refractivity contribution in [3.63, 3.8) is 0 Å². The Morgan fingerprint density at radius 1 is 1.20 bits per heavy atom. The molecule has 1 N–H and O–H groups in total. The molecule has 2 heteroatoms. The molecule has 15 heavy (non-hydrogen) atoms. The number of rotatable bonds is 5. The van der Waals surface area contributed by atoms with E-state index in [0.29, 0.717) is 6.61 Å². The van der Waals surface area contributed by atoms with Crippen LogP contribution in [0, 0.1) is 13.8 Å². The second-order valence-corrected chi connectivity index (χ2v) is 4.07. The van der Waals surface area contributed by atoms with Gasteiger partial charge in [-0.3, -0.25) is 0 Å². The minimum Gasteiger partial charge on any atom is -0.388 e. The molecular weight excluding hydrogens is 188 g/mol. The molecule has 0 radical (unpaired) electrons. The summed E-state index contributed by atoms with van der Waals surface area (Å²) in [6.07, 6.45) is 1.29. The van der Waals surface area contributed by atoms with E-state index in [9.17, 15) is 5.11 Å². The zero-order valence-electron chi connectivity index (χ0n) is 9.79. The first-order valence-electron chi connectivity index (χ1n) is 5.38. The Bertz CT molecular complexity index is 287. The van der Waals surface area contributed by atoms with E-state index >= 15 is 0 Å². The van der Waals surface area contributed by atoms with Crippen molar-refractivity contribution in [1.29, 1.82) is 0 Å². The van der Waals surface area contributed by atoms with Crippen molar-refractivity contribution in [2.45, 2.75) is 32.8 Å². The van der Waals surface area contributed by atoms with Gasteiger partial charge in [-0.2, -0.15) is 0 Å². The fraction of sp³-hybridized carbons (Fsp3) is 0.538. The largest absolute Gasteiger partial charge is 0.388 e. The number of ether oxygens (including phenoxy) is 1. The first-order chi connectivity index (χ1) is 7.13. The van der Waals surface area contributed by atoms with Crippen molar-refractivity contribution in [1.82, 2.24) is 0 Å². The third-order valence-electron chi connectivity index (χ3n) is 2.45. The third-order valence-corrected chi connectivity index (χ3v) is 2.45. The summed E-state index contributed by atoms with van der Waals surface area (Å²) in [5.74, 6) is 0. The molecule has 0 heterocycles. The summed E-state index contributed by atoms with van der Waals surface area (Å²) >= 11 is 0. The Hall–Kier alpha value is -0.860. The predicted molar refractivity (Wildman–Crippen MR) is 62.0 cm³/mol. The summed E-state index contributed by atoms with van der Waals surface area (Å²) in [4.78, 5) is 0. The number of benzene rings is 1. The molecule has 1 rings (SSSR count). The fourth-order valence-corrected chi connectivity index (χ4v) is 1.79. The van der Waals surface area contributed by atoms with E-state index in [1.807, 2.05) is 12.1 Å². The van der Waals surface area contributed by atoms with E-state index in [1.54, 1.807) is 7.11 Å². The molecule has 0 fully saturated rings. The zero-order valence-corrected chi connectivity index (χ0v) is 9.79. The van der Waals surface area contributed by atoms with Crippen molar-refractivity contribution < 1.29 is 9.84 Å². The van der Waals surface area contributed by atoms with Crippen LogP contribution in [-0.4, -0.2) is 18.8 Å². The number of methoxy groups -OCH3 is 1. The lowest BCUT2D eigenvalue weighted by Crippen LogP contribution is -2.00. The van der Waals surface area contributed by atoms with Crippen LogP contribution in [0.5, 0.6) is 0 Å². The lowest BCUT2D eigenvalue weighted by Gasteiger charge is -2.12. The van der Waals surface area contributed by atoms with Crippen molar-refractivity contribution in [3.05, 3.63) is 34.9 Å². The molecule has 0 bridgehead atoms. The van der Waals surface area contributed by atoms with Crippen LogP contribution in [0.3, 0.4) is 0 Å². The number of hydrogen-bond donors (Lipinski definition) is 1. The summed E-state index contributed by atoms with van der Waals surface area (Å²) in [6, 6.07) is 6.21. The quantitative estimate of drug-likeness (QED) is 0.754. The number of aliphatic hydroxyl groups excluding tert-OH is 1. The van der Waals surface area contributed by atoms with Crippen LogP contribution in [0.15, 0.2) is 18.2 Å². The fourth-order valence-electron chi connectivity index (χ4n) is 1.79. The molecule has 0 saturated heterocycles. The van der Waals surface area contributed by atoms with Gasteiger partial charge in [-0.05, 0) is 32.3 Å². The minimum atomic E-state index is -0.362. The molecule has 0 aliphatic rings. The molecule has 0 aromatic heterocycles. The molecule has 0 aliphatic heterocycles. The maximum atomic E-state index is 9.94. The van der Waals surface area contributed by atoms with Crippen molar-refractivity contribution in [3.8, 4) is 0 Å². The van der Waals surface area contributed by atoms with Gasteiger partial charge in [-0.25, -0.2) is 0 Å². The van der Waals surface area contributed by atoms with Gasteiger partial charge in [0.25, 0.3) is 0 Å². The number of aryl methyl sites for hydroxylation is 2. The maximum absolute atomic E-state index is 9.94. The normalized spacial score (nSPS) is 12.8. The van der Waals surface area contributed by atoms with E-state index in [4.69, 9.17) is 4.74 Å². The second kappa shape index (κ2) is 5.89. The second-order valence-electron chi connectivity index (χ2n) is 4.07. The highest BCUT2D eigenvalue weighted by Gasteiger charge is 2.07. The van der Waals surface area contributed by atoms with Gasteiger partial charge in [0, 0.05) is 13.7 Å². The van der Waals surface area contributed by atoms with Crippen LogP contribution in [-0.2, 0) is 4.74 Å².